The van der Waals surface area contributed by atoms with Crippen molar-refractivity contribution in [2.24, 2.45) is 4.99 Å². The fraction of sp³-hybridized carbons (Fsp3) is 0.442. The zero-order valence-corrected chi connectivity index (χ0v) is 34.7. The SMILES string of the molecule is C=C.C=N/C=C(\NCCCCCNC(=O)[C@@H]1CCN1C(=O)OC)c1ccc(-c2ccc(-c3cnc([C@@H]4CCCN4C)[nH]3)cc2)cc1.CC.COC.O=CCNC=O. The monoisotopic (exact) mass is 788 g/mol. The van der Waals surface area contributed by atoms with Gasteiger partial charge in [0, 0.05) is 40.1 Å². The van der Waals surface area contributed by atoms with Gasteiger partial charge in [-0.05, 0) is 81.1 Å². The zero-order chi connectivity index (χ0) is 42.4. The first-order valence-corrected chi connectivity index (χ1v) is 19.3. The van der Waals surface area contributed by atoms with Gasteiger partial charge >= 0.3 is 6.09 Å². The number of hydrogen-bond acceptors (Lipinski definition) is 10. The van der Waals surface area contributed by atoms with E-state index in [1.54, 1.807) is 20.4 Å². The molecule has 14 nitrogen and oxygen atoms in total. The lowest BCUT2D eigenvalue weighted by molar-refractivity contribution is -0.129. The molecule has 0 unspecified atom stereocenters. The molecule has 312 valence electrons. The van der Waals surface area contributed by atoms with Crippen LogP contribution in [0.25, 0.3) is 28.1 Å². The molecule has 4 N–H and O–H groups in total. The molecule has 0 radical (unpaired) electrons. The Morgan fingerprint density at radius 1 is 0.912 bits per heavy atom. The molecule has 0 aliphatic carbocycles. The van der Waals surface area contributed by atoms with Crippen LogP contribution in [-0.4, -0.2) is 118 Å². The number of benzene rings is 2. The molecular weight excluding hydrogens is 725 g/mol. The molecule has 14 heteroatoms. The van der Waals surface area contributed by atoms with Gasteiger partial charge in [0.05, 0.1) is 37.3 Å². The van der Waals surface area contributed by atoms with Crippen molar-refractivity contribution in [3.8, 4) is 22.4 Å². The third-order valence-corrected chi connectivity index (χ3v) is 8.86. The Labute approximate surface area is 339 Å². The molecule has 2 aromatic carbocycles. The van der Waals surface area contributed by atoms with Gasteiger partial charge in [0.15, 0.2) is 0 Å². The predicted molar refractivity (Wildman–Crippen MR) is 230 cm³/mol. The third kappa shape index (κ3) is 16.6. The number of likely N-dealkylation sites (tertiary alicyclic amines) is 2. The second-order valence-electron chi connectivity index (χ2n) is 12.5. The fourth-order valence-electron chi connectivity index (χ4n) is 5.98. The molecule has 0 bridgehead atoms. The van der Waals surface area contributed by atoms with Crippen LogP contribution in [-0.2, 0) is 23.9 Å². The fourth-order valence-corrected chi connectivity index (χ4v) is 5.98. The van der Waals surface area contributed by atoms with Crippen LogP contribution in [0.2, 0.25) is 0 Å². The molecule has 2 atom stereocenters. The number of carbonyl (C=O) groups is 4. The van der Waals surface area contributed by atoms with Crippen LogP contribution >= 0.6 is 0 Å². The summed E-state index contributed by atoms with van der Waals surface area (Å²) < 4.78 is 8.96. The number of H-pyrrole nitrogens is 1. The van der Waals surface area contributed by atoms with Gasteiger partial charge in [-0.1, -0.05) is 62.4 Å². The van der Waals surface area contributed by atoms with Gasteiger partial charge in [-0.3, -0.25) is 24.4 Å². The van der Waals surface area contributed by atoms with E-state index in [2.05, 4.69) is 116 Å². The maximum atomic E-state index is 12.3. The number of aromatic amines is 1. The van der Waals surface area contributed by atoms with Crippen molar-refractivity contribution in [3.63, 3.8) is 0 Å². The highest BCUT2D eigenvalue weighted by Gasteiger charge is 2.38. The van der Waals surface area contributed by atoms with Gasteiger partial charge in [-0.2, -0.15) is 0 Å². The lowest BCUT2D eigenvalue weighted by Gasteiger charge is -2.38. The molecule has 57 heavy (non-hydrogen) atoms. The summed E-state index contributed by atoms with van der Waals surface area (Å²) in [6, 6.07) is 17.0. The maximum Gasteiger partial charge on any atom is 0.410 e. The quantitative estimate of drug-likeness (QED) is 0.0567. The Bertz CT molecular complexity index is 1620. The number of ether oxygens (including phenoxy) is 2. The van der Waals surface area contributed by atoms with E-state index in [0.29, 0.717) is 38.2 Å². The largest absolute Gasteiger partial charge is 0.453 e. The summed E-state index contributed by atoms with van der Waals surface area (Å²) in [6.07, 6.45) is 10.1. The van der Waals surface area contributed by atoms with Crippen molar-refractivity contribution in [1.29, 1.82) is 0 Å². The zero-order valence-electron chi connectivity index (χ0n) is 34.7. The second-order valence-corrected chi connectivity index (χ2v) is 12.5. The van der Waals surface area contributed by atoms with Crippen molar-refractivity contribution in [1.82, 2.24) is 35.7 Å². The lowest BCUT2D eigenvalue weighted by Crippen LogP contribution is -2.58. The van der Waals surface area contributed by atoms with E-state index in [1.807, 2.05) is 20.0 Å². The van der Waals surface area contributed by atoms with E-state index in [4.69, 9.17) is 4.74 Å². The molecule has 5 rings (SSSR count). The number of aromatic nitrogens is 2. The average Bonchev–Trinajstić information content (AvgIpc) is 3.90. The molecule has 3 heterocycles. The van der Waals surface area contributed by atoms with E-state index >= 15 is 0 Å². The van der Waals surface area contributed by atoms with Gasteiger partial charge in [0.1, 0.15) is 18.2 Å². The molecule has 0 saturated carbocycles. The van der Waals surface area contributed by atoms with Crippen LogP contribution in [0.5, 0.6) is 0 Å². The smallest absolute Gasteiger partial charge is 0.410 e. The minimum absolute atomic E-state index is 0.111. The van der Waals surface area contributed by atoms with Gasteiger partial charge in [0.2, 0.25) is 12.3 Å². The highest BCUT2D eigenvalue weighted by atomic mass is 16.5. The summed E-state index contributed by atoms with van der Waals surface area (Å²) in [5.74, 6) is 0.939. The van der Waals surface area contributed by atoms with Crippen LogP contribution in [0.4, 0.5) is 4.79 Å². The number of carbonyl (C=O) groups excluding carboxylic acids is 4. The predicted octanol–water partition coefficient (Wildman–Crippen LogP) is 6.25. The van der Waals surface area contributed by atoms with Gasteiger partial charge in [0.25, 0.3) is 0 Å². The minimum atomic E-state index is -0.448. The number of aliphatic imine (C=N–C) groups is 1. The van der Waals surface area contributed by atoms with Crippen LogP contribution in [0.3, 0.4) is 0 Å². The molecule has 3 amide bonds. The normalized spacial score (nSPS) is 15.5. The molecule has 2 aliphatic heterocycles. The number of unbranched alkanes of at least 4 members (excludes halogenated alkanes) is 2. The van der Waals surface area contributed by atoms with E-state index in [1.165, 1.54) is 18.4 Å². The number of amides is 3. The number of methoxy groups -OCH3 is 2. The first kappa shape index (κ1) is 49.4. The van der Waals surface area contributed by atoms with Gasteiger partial charge < -0.3 is 35.2 Å². The topological polar surface area (TPSA) is 170 Å². The number of imidazole rings is 1. The van der Waals surface area contributed by atoms with E-state index in [9.17, 15) is 19.2 Å². The summed E-state index contributed by atoms with van der Waals surface area (Å²) >= 11 is 0. The van der Waals surface area contributed by atoms with Gasteiger partial charge in [-0.25, -0.2) is 9.78 Å². The number of nitrogens with one attached hydrogen (secondary N) is 4. The first-order chi connectivity index (χ1) is 27.8. The van der Waals surface area contributed by atoms with Crippen molar-refractivity contribution < 1.29 is 28.7 Å². The van der Waals surface area contributed by atoms with Crippen LogP contribution in [0, 0.1) is 0 Å². The summed E-state index contributed by atoms with van der Waals surface area (Å²) in [7, 11) is 6.74. The highest BCUT2D eigenvalue weighted by molar-refractivity contribution is 5.87. The van der Waals surface area contributed by atoms with E-state index in [-0.39, 0.29) is 12.5 Å². The molecule has 2 aliphatic rings. The molecule has 1 aromatic heterocycles. The Morgan fingerprint density at radius 2 is 1.51 bits per heavy atom. The highest BCUT2D eigenvalue weighted by Crippen LogP contribution is 2.31. The van der Waals surface area contributed by atoms with Crippen molar-refractivity contribution in [2.75, 3.05) is 61.1 Å². The standard InChI is InChI=1S/C34H43N7O3.C3H5NO2.C2H6O.C2H6.C2H4/c1-35-22-28(36-18-5-4-6-19-37-33(42)31-17-21-41(31)34(43)44-3)26-13-9-24(10-14-26)25-11-15-27(16-12-25)29-23-38-32(39-29)30-8-7-20-40(30)2;5-2-1-4-3-6;1-3-2;2*1-2/h9-16,22-23,30-31,36H,1,4-8,17-21H2,2-3H3,(H,37,42)(H,38,39);2-3H,1H2,(H,4,6);1-2H3;1-2H3;1-2H2/b28-22-;;;;/t30-,31-;;;;/m0..../s1. The average molecular weight is 789 g/mol. The molecule has 2 saturated heterocycles. The number of aldehydes is 1. The first-order valence-electron chi connectivity index (χ1n) is 19.3. The van der Waals surface area contributed by atoms with Crippen LogP contribution in [0.1, 0.15) is 69.8 Å². The van der Waals surface area contributed by atoms with Crippen molar-refractivity contribution in [3.05, 3.63) is 85.5 Å². The molecule has 3 aromatic rings. The Morgan fingerprint density at radius 3 is 2.00 bits per heavy atom. The lowest BCUT2D eigenvalue weighted by atomic mass is 10.0. The van der Waals surface area contributed by atoms with E-state index in [0.717, 1.165) is 78.2 Å². The molecule has 0 spiro atoms. The Hall–Kier alpha value is -5.60. The second kappa shape index (κ2) is 29.7. The van der Waals surface area contributed by atoms with Crippen molar-refractivity contribution in [2.45, 2.75) is 64.5 Å². The Balaban J connectivity index is 0.00000110. The summed E-state index contributed by atoms with van der Waals surface area (Å²) in [5, 5.41) is 8.56. The van der Waals surface area contributed by atoms with Crippen molar-refractivity contribution >= 4 is 37.1 Å². The summed E-state index contributed by atoms with van der Waals surface area (Å²) in [6.45, 7) is 16.8. The van der Waals surface area contributed by atoms with Crippen LogP contribution in [0.15, 0.2) is 79.1 Å². The number of nitrogens with zero attached hydrogens (tertiary/aromatic N) is 4. The Kier molecular flexibility index (Phi) is 25.7. The molecule has 2 fully saturated rings. The van der Waals surface area contributed by atoms with Crippen LogP contribution < -0.4 is 16.0 Å². The summed E-state index contributed by atoms with van der Waals surface area (Å²) in [4.78, 5) is 58.6. The number of hydrogen-bond donors (Lipinski definition) is 4. The number of rotatable bonds is 16. The third-order valence-electron chi connectivity index (χ3n) is 8.86. The maximum absolute atomic E-state index is 12.3. The van der Waals surface area contributed by atoms with Gasteiger partial charge in [-0.15, -0.1) is 13.2 Å². The minimum Gasteiger partial charge on any atom is -0.453 e. The summed E-state index contributed by atoms with van der Waals surface area (Å²) in [5.41, 5.74) is 6.43. The van der Waals surface area contributed by atoms with E-state index < -0.39 is 12.1 Å². The molecular formula is C43H64N8O6.